The summed E-state index contributed by atoms with van der Waals surface area (Å²) in [5.74, 6) is 1.99. The van der Waals surface area contributed by atoms with E-state index in [4.69, 9.17) is 4.74 Å². The number of nitrogens with zero attached hydrogens (tertiary/aromatic N) is 2. The summed E-state index contributed by atoms with van der Waals surface area (Å²) in [7, 11) is 1.64. The number of aromatic nitrogens is 2. The van der Waals surface area contributed by atoms with Crippen molar-refractivity contribution < 1.29 is 4.74 Å². The maximum atomic E-state index is 11.8. The van der Waals surface area contributed by atoms with Crippen LogP contribution in [-0.2, 0) is 6.54 Å². The average Bonchev–Trinajstić information content (AvgIpc) is 2.83. The van der Waals surface area contributed by atoms with Gasteiger partial charge in [-0.2, -0.15) is 0 Å². The summed E-state index contributed by atoms with van der Waals surface area (Å²) >= 11 is 0. The van der Waals surface area contributed by atoms with Gasteiger partial charge in [-0.1, -0.05) is 12.1 Å². The number of hydrogen-bond acceptors (Lipinski definition) is 6. The van der Waals surface area contributed by atoms with Crippen LogP contribution in [0.1, 0.15) is 11.4 Å². The van der Waals surface area contributed by atoms with Gasteiger partial charge in [0.15, 0.2) is 11.5 Å². The van der Waals surface area contributed by atoms with E-state index in [1.807, 2.05) is 24.3 Å². The van der Waals surface area contributed by atoms with Crippen molar-refractivity contribution in [2.75, 3.05) is 17.5 Å². The van der Waals surface area contributed by atoms with Crippen LogP contribution < -0.4 is 26.3 Å². The molecule has 0 spiro atoms. The molecule has 2 heterocycles. The maximum absolute atomic E-state index is 11.8. The summed E-state index contributed by atoms with van der Waals surface area (Å²) in [5.41, 5.74) is 7.10. The first kappa shape index (κ1) is 12.5. The van der Waals surface area contributed by atoms with Crippen LogP contribution in [0, 0.1) is 6.92 Å². The normalized spacial score (nSPS) is 13.0. The lowest BCUT2D eigenvalue weighted by atomic mass is 10.2. The number of methoxy groups -OCH3 is 1. The molecule has 0 saturated carbocycles. The van der Waals surface area contributed by atoms with Gasteiger partial charge in [0.05, 0.1) is 13.7 Å². The number of fused-ring (bicyclic) bond motifs is 1. The summed E-state index contributed by atoms with van der Waals surface area (Å²) in [6.07, 6.45) is 0. The van der Waals surface area contributed by atoms with Crippen molar-refractivity contribution in [2.45, 2.75) is 13.5 Å². The highest BCUT2D eigenvalue weighted by molar-refractivity contribution is 5.67. The Balaban J connectivity index is 1.86. The molecular weight excluding hydrogens is 258 g/mol. The third-order valence-corrected chi connectivity index (χ3v) is 3.09. The molecule has 0 bridgehead atoms. The molecular formula is C13H15N5O2. The van der Waals surface area contributed by atoms with E-state index in [1.165, 1.54) is 0 Å². The molecule has 1 aromatic heterocycles. The lowest BCUT2D eigenvalue weighted by molar-refractivity contribution is 0.414. The average molecular weight is 273 g/mol. The number of benzene rings is 1. The Morgan fingerprint density at radius 3 is 2.75 bits per heavy atom. The fraction of sp³-hybridized carbons (Fsp3) is 0.231. The van der Waals surface area contributed by atoms with E-state index in [0.717, 1.165) is 11.3 Å². The molecule has 1 aliphatic heterocycles. The van der Waals surface area contributed by atoms with E-state index in [2.05, 4.69) is 20.9 Å². The summed E-state index contributed by atoms with van der Waals surface area (Å²) in [6.45, 7) is 2.34. The molecule has 1 aromatic carbocycles. The SMILES string of the molecule is COc1ccc(CN2NNc3c2nc(C)[nH]c3=O)cc1. The lowest BCUT2D eigenvalue weighted by Crippen LogP contribution is -2.35. The van der Waals surface area contributed by atoms with Crippen molar-refractivity contribution in [1.82, 2.24) is 15.5 Å². The highest BCUT2D eigenvalue weighted by Crippen LogP contribution is 2.24. The molecule has 7 nitrogen and oxygen atoms in total. The van der Waals surface area contributed by atoms with Crippen LogP contribution in [0.5, 0.6) is 5.75 Å². The van der Waals surface area contributed by atoms with Crippen LogP contribution in [0.15, 0.2) is 29.1 Å². The zero-order valence-electron chi connectivity index (χ0n) is 11.2. The van der Waals surface area contributed by atoms with E-state index < -0.39 is 0 Å². The van der Waals surface area contributed by atoms with Gasteiger partial charge in [-0.15, -0.1) is 5.53 Å². The van der Waals surface area contributed by atoms with Gasteiger partial charge in [-0.25, -0.2) is 4.98 Å². The molecule has 7 heteroatoms. The number of aryl methyl sites for hydroxylation is 1. The van der Waals surface area contributed by atoms with Gasteiger partial charge in [-0.05, 0) is 24.6 Å². The molecule has 0 atom stereocenters. The summed E-state index contributed by atoms with van der Waals surface area (Å²) in [5, 5.41) is 1.79. The van der Waals surface area contributed by atoms with Gasteiger partial charge in [0.25, 0.3) is 5.56 Å². The van der Waals surface area contributed by atoms with Crippen LogP contribution >= 0.6 is 0 Å². The van der Waals surface area contributed by atoms with Gasteiger partial charge in [-0.3, -0.25) is 15.2 Å². The van der Waals surface area contributed by atoms with Gasteiger partial charge in [0.2, 0.25) is 0 Å². The van der Waals surface area contributed by atoms with Gasteiger partial charge in [0, 0.05) is 0 Å². The van der Waals surface area contributed by atoms with Gasteiger partial charge < -0.3 is 9.72 Å². The standard InChI is InChI=1S/C13H15N5O2/c1-8-14-12-11(13(19)15-8)16-17-18(12)7-9-3-5-10(20-2)6-4-9/h3-6,16-17H,7H2,1-2H3,(H,14,15,19). The van der Waals surface area contributed by atoms with Crippen molar-refractivity contribution in [3.05, 3.63) is 46.0 Å². The summed E-state index contributed by atoms with van der Waals surface area (Å²) < 4.78 is 5.13. The number of nitrogens with one attached hydrogen (secondary N) is 3. The molecule has 0 amide bonds. The van der Waals surface area contributed by atoms with Crippen LogP contribution in [0.4, 0.5) is 11.5 Å². The Kier molecular flexibility index (Phi) is 3.03. The Morgan fingerprint density at radius 2 is 2.05 bits per heavy atom. The molecule has 3 N–H and O–H groups in total. The van der Waals surface area contributed by atoms with E-state index in [1.54, 1.807) is 19.0 Å². The second-order valence-electron chi connectivity index (χ2n) is 4.52. The monoisotopic (exact) mass is 273 g/mol. The fourth-order valence-corrected chi connectivity index (χ4v) is 2.08. The Labute approximate surface area is 115 Å². The Morgan fingerprint density at radius 1 is 1.30 bits per heavy atom. The minimum atomic E-state index is -0.183. The Bertz CT molecular complexity index is 680. The van der Waals surface area contributed by atoms with E-state index >= 15 is 0 Å². The second-order valence-corrected chi connectivity index (χ2v) is 4.52. The molecule has 0 saturated heterocycles. The van der Waals surface area contributed by atoms with Crippen molar-refractivity contribution >= 4 is 11.5 Å². The smallest absolute Gasteiger partial charge is 0.277 e. The predicted octanol–water partition coefficient (Wildman–Crippen LogP) is 0.939. The van der Waals surface area contributed by atoms with Crippen molar-refractivity contribution in [2.24, 2.45) is 0 Å². The minimum absolute atomic E-state index is 0.183. The van der Waals surface area contributed by atoms with Crippen molar-refractivity contribution in [3.8, 4) is 5.75 Å². The lowest BCUT2D eigenvalue weighted by Gasteiger charge is -2.17. The van der Waals surface area contributed by atoms with E-state index in [9.17, 15) is 4.79 Å². The first-order valence-electron chi connectivity index (χ1n) is 6.20. The van der Waals surface area contributed by atoms with Crippen LogP contribution in [0.25, 0.3) is 0 Å². The fourth-order valence-electron chi connectivity index (χ4n) is 2.08. The van der Waals surface area contributed by atoms with Crippen molar-refractivity contribution in [1.29, 1.82) is 0 Å². The number of ether oxygens (including phenoxy) is 1. The first-order valence-corrected chi connectivity index (χ1v) is 6.20. The minimum Gasteiger partial charge on any atom is -0.497 e. The topological polar surface area (TPSA) is 82.3 Å². The zero-order chi connectivity index (χ0) is 14.1. The molecule has 3 rings (SSSR count). The first-order chi connectivity index (χ1) is 9.67. The van der Waals surface area contributed by atoms with E-state index in [-0.39, 0.29) is 5.56 Å². The third-order valence-electron chi connectivity index (χ3n) is 3.09. The molecule has 0 fully saturated rings. The van der Waals surface area contributed by atoms with Crippen LogP contribution in [0.2, 0.25) is 0 Å². The Hall–Kier alpha value is -2.54. The number of H-pyrrole nitrogens is 1. The number of hydrogen-bond donors (Lipinski definition) is 3. The number of rotatable bonds is 3. The second kappa shape index (κ2) is 4.86. The molecule has 2 aromatic rings. The zero-order valence-corrected chi connectivity index (χ0v) is 11.2. The summed E-state index contributed by atoms with van der Waals surface area (Å²) in [4.78, 5) is 18.8. The van der Waals surface area contributed by atoms with Gasteiger partial charge >= 0.3 is 0 Å². The maximum Gasteiger partial charge on any atom is 0.277 e. The molecule has 20 heavy (non-hydrogen) atoms. The number of aromatic amines is 1. The summed E-state index contributed by atoms with van der Waals surface area (Å²) in [6, 6.07) is 7.74. The number of anilines is 2. The largest absolute Gasteiger partial charge is 0.497 e. The van der Waals surface area contributed by atoms with Crippen LogP contribution in [-0.4, -0.2) is 17.1 Å². The highest BCUT2D eigenvalue weighted by Gasteiger charge is 2.23. The molecule has 0 radical (unpaired) electrons. The van der Waals surface area contributed by atoms with Crippen molar-refractivity contribution in [3.63, 3.8) is 0 Å². The molecule has 1 aliphatic rings. The quantitative estimate of drug-likeness (QED) is 0.772. The molecule has 0 aliphatic carbocycles. The molecule has 0 unspecified atom stereocenters. The highest BCUT2D eigenvalue weighted by atomic mass is 16.5. The predicted molar refractivity (Wildman–Crippen MR) is 75.5 cm³/mol. The third kappa shape index (κ3) is 2.19. The van der Waals surface area contributed by atoms with E-state index in [0.29, 0.717) is 23.9 Å². The molecule has 104 valence electrons. The number of hydrazine groups is 2. The van der Waals surface area contributed by atoms with Gasteiger partial charge in [0.1, 0.15) is 11.6 Å². The van der Waals surface area contributed by atoms with Crippen LogP contribution in [0.3, 0.4) is 0 Å².